The van der Waals surface area contributed by atoms with Gasteiger partial charge < -0.3 is 25.6 Å². The number of nitrogens with zero attached hydrogens (tertiary/aromatic N) is 4. The lowest BCUT2D eigenvalue weighted by Crippen LogP contribution is -2.29. The van der Waals surface area contributed by atoms with Crippen molar-refractivity contribution in [3.05, 3.63) is 71.1 Å². The first-order valence-electron chi connectivity index (χ1n) is 12.0. The minimum Gasteiger partial charge on any atom is -0.494 e. The summed E-state index contributed by atoms with van der Waals surface area (Å²) in [7, 11) is 7.79. The molecule has 0 bridgehead atoms. The Labute approximate surface area is 209 Å². The Morgan fingerprint density at radius 2 is 1.91 bits per heavy atom. The van der Waals surface area contributed by atoms with Gasteiger partial charge in [0.2, 0.25) is 5.95 Å². The van der Waals surface area contributed by atoms with E-state index in [0.29, 0.717) is 17.4 Å². The molecule has 0 aliphatic heterocycles. The van der Waals surface area contributed by atoms with Crippen LogP contribution in [0.4, 0.5) is 23.0 Å². The van der Waals surface area contributed by atoms with Crippen LogP contribution in [0.1, 0.15) is 36.2 Å². The summed E-state index contributed by atoms with van der Waals surface area (Å²) in [6, 6.07) is 12.2. The summed E-state index contributed by atoms with van der Waals surface area (Å²) >= 11 is 0. The maximum atomic E-state index is 6.43. The molecule has 7 nitrogen and oxygen atoms in total. The summed E-state index contributed by atoms with van der Waals surface area (Å²) in [5.74, 6) is 1.16. The standard InChI is InChI=1S/C28H38N6O/c1-8-20-19(3)11-10-12-22(20)21(9-2)24-13-14-30-28(31-24)32-25-17-23(29)26(18-27(25)35-7)34(6)16-15-33(4)5/h9-14,17-18H,8,15-16,29H2,1-7H3,(H,30,31,32)/b21-9+. The van der Waals surface area contributed by atoms with Gasteiger partial charge in [0.15, 0.2) is 0 Å². The molecule has 0 spiro atoms. The first-order chi connectivity index (χ1) is 16.8. The molecule has 0 unspecified atom stereocenters. The Kier molecular flexibility index (Phi) is 8.71. The zero-order chi connectivity index (χ0) is 25.5. The van der Waals surface area contributed by atoms with Gasteiger partial charge in [-0.15, -0.1) is 0 Å². The lowest BCUT2D eigenvalue weighted by atomic mass is 9.92. The van der Waals surface area contributed by atoms with Crippen molar-refractivity contribution >= 4 is 28.6 Å². The fraction of sp³-hybridized carbons (Fsp3) is 0.357. The van der Waals surface area contributed by atoms with Crippen molar-refractivity contribution in [2.24, 2.45) is 0 Å². The lowest BCUT2D eigenvalue weighted by Gasteiger charge is -2.24. The van der Waals surface area contributed by atoms with Crippen LogP contribution in [0.2, 0.25) is 0 Å². The number of aryl methyl sites for hydroxylation is 1. The van der Waals surface area contributed by atoms with E-state index in [0.717, 1.165) is 42.2 Å². The van der Waals surface area contributed by atoms with E-state index >= 15 is 0 Å². The second-order valence-corrected chi connectivity index (χ2v) is 8.88. The van der Waals surface area contributed by atoms with E-state index in [9.17, 15) is 0 Å². The van der Waals surface area contributed by atoms with Crippen molar-refractivity contribution in [1.82, 2.24) is 14.9 Å². The summed E-state index contributed by atoms with van der Waals surface area (Å²) in [5, 5.41) is 3.31. The zero-order valence-corrected chi connectivity index (χ0v) is 22.0. The zero-order valence-electron chi connectivity index (χ0n) is 22.0. The molecule has 0 aliphatic rings. The fourth-order valence-corrected chi connectivity index (χ4v) is 4.21. The molecular weight excluding hydrogens is 436 g/mol. The van der Waals surface area contributed by atoms with Gasteiger partial charge >= 0.3 is 0 Å². The molecule has 1 aromatic heterocycles. The van der Waals surface area contributed by atoms with E-state index in [-0.39, 0.29) is 0 Å². The summed E-state index contributed by atoms with van der Waals surface area (Å²) in [6.07, 6.45) is 4.84. The number of benzene rings is 2. The predicted molar refractivity (Wildman–Crippen MR) is 148 cm³/mol. The number of allylic oxidation sites excluding steroid dienone is 1. The lowest BCUT2D eigenvalue weighted by molar-refractivity contribution is 0.413. The Balaban J connectivity index is 1.92. The fourth-order valence-electron chi connectivity index (χ4n) is 4.21. The molecule has 3 aromatic rings. The van der Waals surface area contributed by atoms with Crippen LogP contribution in [0.3, 0.4) is 0 Å². The Morgan fingerprint density at radius 3 is 2.57 bits per heavy atom. The van der Waals surface area contributed by atoms with E-state index in [1.54, 1.807) is 13.3 Å². The molecule has 3 N–H and O–H groups in total. The Hall–Kier alpha value is -3.58. The number of likely N-dealkylation sites (N-methyl/N-ethyl adjacent to an activating group) is 2. The number of nitrogens with one attached hydrogen (secondary N) is 1. The number of hydrogen-bond donors (Lipinski definition) is 2. The van der Waals surface area contributed by atoms with Crippen LogP contribution in [0.5, 0.6) is 5.75 Å². The number of anilines is 4. The highest BCUT2D eigenvalue weighted by Crippen LogP contribution is 2.36. The molecule has 0 saturated carbocycles. The second kappa shape index (κ2) is 11.7. The van der Waals surface area contributed by atoms with E-state index < -0.39 is 0 Å². The highest BCUT2D eigenvalue weighted by atomic mass is 16.5. The summed E-state index contributed by atoms with van der Waals surface area (Å²) in [4.78, 5) is 13.6. The highest BCUT2D eigenvalue weighted by Gasteiger charge is 2.15. The van der Waals surface area contributed by atoms with Gasteiger partial charge in [-0.2, -0.15) is 0 Å². The van der Waals surface area contributed by atoms with Crippen LogP contribution in [-0.4, -0.2) is 56.2 Å². The molecule has 0 aliphatic carbocycles. The van der Waals surface area contributed by atoms with Crippen LogP contribution in [0.15, 0.2) is 48.7 Å². The topological polar surface area (TPSA) is 79.5 Å². The molecule has 0 amide bonds. The molecule has 7 heteroatoms. The number of aromatic nitrogens is 2. The number of rotatable bonds is 10. The van der Waals surface area contributed by atoms with Crippen molar-refractivity contribution in [2.75, 3.05) is 57.3 Å². The third-order valence-electron chi connectivity index (χ3n) is 6.16. The average molecular weight is 475 g/mol. The minimum absolute atomic E-state index is 0.485. The number of hydrogen-bond acceptors (Lipinski definition) is 7. The quantitative estimate of drug-likeness (QED) is 0.394. The Bertz CT molecular complexity index is 1190. The van der Waals surface area contributed by atoms with Gasteiger partial charge in [0.25, 0.3) is 0 Å². The molecule has 35 heavy (non-hydrogen) atoms. The van der Waals surface area contributed by atoms with Crippen molar-refractivity contribution in [2.45, 2.75) is 27.2 Å². The monoisotopic (exact) mass is 474 g/mol. The smallest absolute Gasteiger partial charge is 0.227 e. The molecule has 3 rings (SSSR count). The second-order valence-electron chi connectivity index (χ2n) is 8.88. The van der Waals surface area contributed by atoms with Crippen LogP contribution in [0.25, 0.3) is 5.57 Å². The third-order valence-corrected chi connectivity index (χ3v) is 6.16. The largest absolute Gasteiger partial charge is 0.494 e. The van der Waals surface area contributed by atoms with E-state index in [1.807, 2.05) is 32.2 Å². The normalized spacial score (nSPS) is 11.6. The van der Waals surface area contributed by atoms with Gasteiger partial charge in [0.05, 0.1) is 29.9 Å². The molecule has 0 atom stereocenters. The SMILES string of the molecule is C/C=C(/c1ccnc(Nc2cc(N)c(N(C)CCN(C)C)cc2OC)n1)c1cccc(C)c1CC. The average Bonchev–Trinajstić information content (AvgIpc) is 2.83. The van der Waals surface area contributed by atoms with Gasteiger partial charge in [-0.25, -0.2) is 9.97 Å². The number of methoxy groups -OCH3 is 1. The van der Waals surface area contributed by atoms with E-state index in [4.69, 9.17) is 15.5 Å². The molecule has 0 fully saturated rings. The van der Waals surface area contributed by atoms with E-state index in [2.05, 4.69) is 72.3 Å². The van der Waals surface area contributed by atoms with Gasteiger partial charge in [-0.1, -0.05) is 31.2 Å². The van der Waals surface area contributed by atoms with Crippen molar-refractivity contribution in [3.8, 4) is 5.75 Å². The number of ether oxygens (including phenoxy) is 1. The van der Waals surface area contributed by atoms with Gasteiger partial charge in [0.1, 0.15) is 5.75 Å². The van der Waals surface area contributed by atoms with Crippen LogP contribution >= 0.6 is 0 Å². The number of nitrogens with two attached hydrogens (primary N) is 1. The van der Waals surface area contributed by atoms with Gasteiger partial charge in [-0.3, -0.25) is 0 Å². The summed E-state index contributed by atoms with van der Waals surface area (Å²) < 4.78 is 5.68. The van der Waals surface area contributed by atoms with Crippen LogP contribution < -0.4 is 20.7 Å². The first-order valence-corrected chi connectivity index (χ1v) is 12.0. The highest BCUT2D eigenvalue weighted by molar-refractivity contribution is 5.81. The minimum atomic E-state index is 0.485. The molecule has 0 radical (unpaired) electrons. The van der Waals surface area contributed by atoms with Crippen LogP contribution in [0, 0.1) is 6.92 Å². The molecule has 186 valence electrons. The van der Waals surface area contributed by atoms with Gasteiger partial charge in [-0.05, 0) is 63.2 Å². The van der Waals surface area contributed by atoms with E-state index in [1.165, 1.54) is 16.7 Å². The number of nitrogen functional groups attached to an aromatic ring is 1. The maximum absolute atomic E-state index is 6.43. The third kappa shape index (κ3) is 6.11. The molecular formula is C28H38N6O. The van der Waals surface area contributed by atoms with Crippen molar-refractivity contribution in [1.29, 1.82) is 0 Å². The van der Waals surface area contributed by atoms with Crippen molar-refractivity contribution < 1.29 is 4.74 Å². The molecule has 0 saturated heterocycles. The summed E-state index contributed by atoms with van der Waals surface area (Å²) in [5.41, 5.74) is 14.5. The molecule has 1 heterocycles. The van der Waals surface area contributed by atoms with Crippen LogP contribution in [-0.2, 0) is 6.42 Å². The van der Waals surface area contributed by atoms with Crippen molar-refractivity contribution in [3.63, 3.8) is 0 Å². The Morgan fingerprint density at radius 1 is 1.14 bits per heavy atom. The summed E-state index contributed by atoms with van der Waals surface area (Å²) in [6.45, 7) is 8.16. The maximum Gasteiger partial charge on any atom is 0.227 e. The first kappa shape index (κ1) is 26.0. The van der Waals surface area contributed by atoms with Gasteiger partial charge in [0, 0.05) is 38.0 Å². The predicted octanol–water partition coefficient (Wildman–Crippen LogP) is 5.13. The molecule has 2 aromatic carbocycles.